The summed E-state index contributed by atoms with van der Waals surface area (Å²) in [4.78, 5) is 17.1. The average molecular weight is 475 g/mol. The standard InChI is InChI=1S/C20H17Br2N3O/c21-16-6-3-5-15(12-16)20(9-1-2-10-20)25-19(26)14(13-23)11-17-7-4-8-18(22)24-17/h3-8,11-12H,1-2,9-10H2,(H,25,26)/b14-11+. The van der Waals surface area contributed by atoms with E-state index in [1.54, 1.807) is 12.1 Å². The maximum Gasteiger partial charge on any atom is 0.262 e. The number of carbonyl (C=O) groups excluding carboxylic acids is 1. The van der Waals surface area contributed by atoms with Crippen molar-refractivity contribution in [3.8, 4) is 6.07 Å². The first kappa shape index (κ1) is 18.8. The van der Waals surface area contributed by atoms with Gasteiger partial charge in [0.2, 0.25) is 0 Å². The van der Waals surface area contributed by atoms with E-state index in [0.717, 1.165) is 35.7 Å². The van der Waals surface area contributed by atoms with E-state index in [1.807, 2.05) is 36.4 Å². The van der Waals surface area contributed by atoms with Gasteiger partial charge >= 0.3 is 0 Å². The van der Waals surface area contributed by atoms with Gasteiger partial charge in [-0.3, -0.25) is 4.79 Å². The Hall–Kier alpha value is -1.97. The summed E-state index contributed by atoms with van der Waals surface area (Å²) in [6.07, 6.45) is 5.34. The smallest absolute Gasteiger partial charge is 0.262 e. The van der Waals surface area contributed by atoms with Crippen molar-refractivity contribution in [3.05, 3.63) is 68.4 Å². The zero-order valence-electron chi connectivity index (χ0n) is 14.0. The summed E-state index contributed by atoms with van der Waals surface area (Å²) in [7, 11) is 0. The second-order valence-corrected chi connectivity index (χ2v) is 8.04. The molecule has 1 amide bonds. The van der Waals surface area contributed by atoms with Gasteiger partial charge in [0.25, 0.3) is 5.91 Å². The van der Waals surface area contributed by atoms with Crippen LogP contribution in [0.3, 0.4) is 0 Å². The van der Waals surface area contributed by atoms with E-state index in [1.165, 1.54) is 6.08 Å². The van der Waals surface area contributed by atoms with Crippen LogP contribution in [-0.2, 0) is 10.3 Å². The highest BCUT2D eigenvalue weighted by Gasteiger charge is 2.37. The van der Waals surface area contributed by atoms with Crippen LogP contribution in [-0.4, -0.2) is 10.9 Å². The molecule has 1 aliphatic rings. The number of hydrogen-bond donors (Lipinski definition) is 1. The van der Waals surface area contributed by atoms with E-state index < -0.39 is 5.54 Å². The summed E-state index contributed by atoms with van der Waals surface area (Å²) in [6.45, 7) is 0. The SMILES string of the molecule is N#C/C(=C\c1cccc(Br)n1)C(=O)NC1(c2cccc(Br)c2)CCCC1. The molecule has 0 saturated heterocycles. The summed E-state index contributed by atoms with van der Waals surface area (Å²) in [5.74, 6) is -0.365. The quantitative estimate of drug-likeness (QED) is 0.380. The molecule has 3 rings (SSSR count). The van der Waals surface area contributed by atoms with Crippen LogP contribution in [0.5, 0.6) is 0 Å². The number of rotatable bonds is 4. The van der Waals surface area contributed by atoms with Gasteiger partial charge in [0.15, 0.2) is 0 Å². The Labute approximate surface area is 169 Å². The lowest BCUT2D eigenvalue weighted by molar-refractivity contribution is -0.119. The molecule has 1 N–H and O–H groups in total. The van der Waals surface area contributed by atoms with Crippen LogP contribution in [0.15, 0.2) is 57.1 Å². The zero-order chi connectivity index (χ0) is 18.6. The number of aromatic nitrogens is 1. The van der Waals surface area contributed by atoms with Gasteiger partial charge < -0.3 is 5.32 Å². The van der Waals surface area contributed by atoms with E-state index in [4.69, 9.17) is 0 Å². The Morgan fingerprint density at radius 2 is 1.92 bits per heavy atom. The predicted molar refractivity (Wildman–Crippen MR) is 108 cm³/mol. The number of carbonyl (C=O) groups is 1. The molecule has 0 bridgehead atoms. The van der Waals surface area contributed by atoms with Crippen LogP contribution >= 0.6 is 31.9 Å². The number of amides is 1. The number of benzene rings is 1. The van der Waals surface area contributed by atoms with Gasteiger partial charge in [-0.2, -0.15) is 5.26 Å². The molecular weight excluding hydrogens is 458 g/mol. The van der Waals surface area contributed by atoms with Gasteiger partial charge in [-0.25, -0.2) is 4.98 Å². The Bertz CT molecular complexity index is 896. The lowest BCUT2D eigenvalue weighted by Crippen LogP contribution is -2.44. The highest BCUT2D eigenvalue weighted by Crippen LogP contribution is 2.39. The molecule has 0 atom stereocenters. The van der Waals surface area contributed by atoms with Crippen molar-refractivity contribution >= 4 is 43.8 Å². The molecule has 0 aliphatic heterocycles. The molecule has 26 heavy (non-hydrogen) atoms. The Morgan fingerprint density at radius 1 is 1.19 bits per heavy atom. The molecule has 1 heterocycles. The van der Waals surface area contributed by atoms with Gasteiger partial charge in [-0.05, 0) is 64.7 Å². The zero-order valence-corrected chi connectivity index (χ0v) is 17.2. The minimum absolute atomic E-state index is 0.0527. The number of nitrogens with one attached hydrogen (secondary N) is 1. The predicted octanol–water partition coefficient (Wildman–Crippen LogP) is 5.10. The van der Waals surface area contributed by atoms with E-state index in [9.17, 15) is 10.1 Å². The first-order chi connectivity index (χ1) is 12.5. The van der Waals surface area contributed by atoms with Gasteiger partial charge in [0.1, 0.15) is 16.2 Å². The Balaban J connectivity index is 1.89. The van der Waals surface area contributed by atoms with Gasteiger partial charge in [0, 0.05) is 4.47 Å². The van der Waals surface area contributed by atoms with Crippen molar-refractivity contribution in [1.82, 2.24) is 10.3 Å². The second-order valence-electron chi connectivity index (χ2n) is 6.31. The number of nitriles is 1. The van der Waals surface area contributed by atoms with Crippen molar-refractivity contribution in [2.24, 2.45) is 0 Å². The molecule has 0 spiro atoms. The van der Waals surface area contributed by atoms with Crippen LogP contribution in [0, 0.1) is 11.3 Å². The van der Waals surface area contributed by atoms with Crippen LogP contribution in [0.2, 0.25) is 0 Å². The van der Waals surface area contributed by atoms with Crippen LogP contribution < -0.4 is 5.32 Å². The summed E-state index contributed by atoms with van der Waals surface area (Å²) in [5, 5.41) is 12.6. The molecule has 1 aromatic carbocycles. The minimum Gasteiger partial charge on any atom is -0.342 e. The van der Waals surface area contributed by atoms with Gasteiger partial charge in [-0.15, -0.1) is 0 Å². The maximum atomic E-state index is 12.8. The minimum atomic E-state index is -0.429. The molecule has 1 saturated carbocycles. The fourth-order valence-electron chi connectivity index (χ4n) is 3.34. The van der Waals surface area contributed by atoms with Crippen molar-refractivity contribution in [3.63, 3.8) is 0 Å². The number of nitrogens with zero attached hydrogens (tertiary/aromatic N) is 2. The fraction of sp³-hybridized carbons (Fsp3) is 0.250. The lowest BCUT2D eigenvalue weighted by Gasteiger charge is -2.31. The summed E-state index contributed by atoms with van der Waals surface area (Å²) >= 11 is 6.80. The van der Waals surface area contributed by atoms with E-state index in [0.29, 0.717) is 10.3 Å². The van der Waals surface area contributed by atoms with Crippen LogP contribution in [0.4, 0.5) is 0 Å². The third-order valence-electron chi connectivity index (χ3n) is 4.58. The molecule has 0 unspecified atom stereocenters. The summed E-state index contributed by atoms with van der Waals surface area (Å²) in [6, 6.07) is 15.4. The van der Waals surface area contributed by atoms with Crippen LogP contribution in [0.25, 0.3) is 6.08 Å². The van der Waals surface area contributed by atoms with Crippen molar-refractivity contribution in [1.29, 1.82) is 5.26 Å². The largest absolute Gasteiger partial charge is 0.342 e. The molecule has 1 aromatic heterocycles. The molecular formula is C20H17Br2N3O. The highest BCUT2D eigenvalue weighted by atomic mass is 79.9. The van der Waals surface area contributed by atoms with Crippen LogP contribution in [0.1, 0.15) is 36.9 Å². The van der Waals surface area contributed by atoms with Crippen molar-refractivity contribution in [2.45, 2.75) is 31.2 Å². The third kappa shape index (κ3) is 4.22. The molecule has 6 heteroatoms. The molecule has 1 aliphatic carbocycles. The van der Waals surface area contributed by atoms with E-state index >= 15 is 0 Å². The highest BCUT2D eigenvalue weighted by molar-refractivity contribution is 9.10. The van der Waals surface area contributed by atoms with Crippen molar-refractivity contribution in [2.75, 3.05) is 0 Å². The Morgan fingerprint density at radius 3 is 2.58 bits per heavy atom. The summed E-state index contributed by atoms with van der Waals surface area (Å²) < 4.78 is 1.63. The normalized spacial score (nSPS) is 16.1. The fourth-order valence-corrected chi connectivity index (χ4v) is 4.09. The van der Waals surface area contributed by atoms with Crippen molar-refractivity contribution < 1.29 is 4.79 Å². The van der Waals surface area contributed by atoms with Gasteiger partial charge in [-0.1, -0.05) is 47.0 Å². The number of pyridine rings is 1. The molecule has 4 nitrogen and oxygen atoms in total. The first-order valence-electron chi connectivity index (χ1n) is 8.35. The molecule has 0 radical (unpaired) electrons. The topological polar surface area (TPSA) is 65.8 Å². The number of halogens is 2. The third-order valence-corrected chi connectivity index (χ3v) is 5.52. The monoisotopic (exact) mass is 473 g/mol. The second kappa shape index (κ2) is 8.15. The van der Waals surface area contributed by atoms with E-state index in [2.05, 4.69) is 42.2 Å². The van der Waals surface area contributed by atoms with E-state index in [-0.39, 0.29) is 11.5 Å². The van der Waals surface area contributed by atoms with Gasteiger partial charge in [0.05, 0.1) is 11.2 Å². The summed E-state index contributed by atoms with van der Waals surface area (Å²) in [5.41, 5.74) is 1.25. The lowest BCUT2D eigenvalue weighted by atomic mass is 9.87. The Kier molecular flexibility index (Phi) is 5.90. The number of hydrogen-bond acceptors (Lipinski definition) is 3. The average Bonchev–Trinajstić information content (AvgIpc) is 3.09. The first-order valence-corrected chi connectivity index (χ1v) is 9.94. The molecule has 1 fully saturated rings. The molecule has 2 aromatic rings. The molecule has 132 valence electrons. The maximum absolute atomic E-state index is 12.8.